The Morgan fingerprint density at radius 2 is 1.93 bits per heavy atom. The number of benzene rings is 2. The number of ether oxygens (including phenoxy) is 2. The van der Waals surface area contributed by atoms with Crippen molar-refractivity contribution in [1.29, 1.82) is 0 Å². The molecule has 8 nitrogen and oxygen atoms in total. The summed E-state index contributed by atoms with van der Waals surface area (Å²) in [6.45, 7) is 3.81. The van der Waals surface area contributed by atoms with Gasteiger partial charge in [0.2, 0.25) is 0 Å². The van der Waals surface area contributed by atoms with Crippen molar-refractivity contribution in [2.45, 2.75) is 19.4 Å². The number of amides is 3. The van der Waals surface area contributed by atoms with Crippen molar-refractivity contribution >= 4 is 18.2 Å². The highest BCUT2D eigenvalue weighted by Gasteiger charge is 2.49. The number of methoxy groups -OCH3 is 1. The Morgan fingerprint density at radius 3 is 2.57 bits per heavy atom. The van der Waals surface area contributed by atoms with E-state index >= 15 is 0 Å². The minimum atomic E-state index is -1.23. The average molecular weight is 383 g/mol. The van der Waals surface area contributed by atoms with Gasteiger partial charge in [0.25, 0.3) is 5.91 Å². The van der Waals surface area contributed by atoms with E-state index in [9.17, 15) is 14.7 Å². The van der Waals surface area contributed by atoms with Crippen LogP contribution in [0.4, 0.5) is 4.79 Å². The number of aromatic hydroxyl groups is 1. The highest BCUT2D eigenvalue weighted by atomic mass is 16.5. The third kappa shape index (κ3) is 3.48. The van der Waals surface area contributed by atoms with Gasteiger partial charge in [-0.05, 0) is 55.3 Å². The fraction of sp³-hybridized carbons (Fsp3) is 0.250. The molecule has 8 heteroatoms. The van der Waals surface area contributed by atoms with Gasteiger partial charge in [-0.3, -0.25) is 4.79 Å². The second-order valence-electron chi connectivity index (χ2n) is 6.31. The lowest BCUT2D eigenvalue weighted by Crippen LogP contribution is -2.40. The summed E-state index contributed by atoms with van der Waals surface area (Å²) in [7, 11) is 1.55. The number of imide groups is 1. The second kappa shape index (κ2) is 7.59. The largest absolute Gasteiger partial charge is 0.504 e. The molecule has 1 saturated heterocycles. The van der Waals surface area contributed by atoms with Crippen molar-refractivity contribution in [3.8, 4) is 17.2 Å². The molecule has 1 atom stereocenters. The van der Waals surface area contributed by atoms with Gasteiger partial charge in [0.1, 0.15) is 11.3 Å². The van der Waals surface area contributed by atoms with Crippen LogP contribution in [-0.2, 0) is 10.3 Å². The second-order valence-corrected chi connectivity index (χ2v) is 6.31. The van der Waals surface area contributed by atoms with E-state index in [1.165, 1.54) is 12.3 Å². The van der Waals surface area contributed by atoms with Gasteiger partial charge in [-0.1, -0.05) is 12.1 Å². The molecule has 2 N–H and O–H groups in total. The van der Waals surface area contributed by atoms with Crippen LogP contribution >= 0.6 is 0 Å². The minimum Gasteiger partial charge on any atom is -0.504 e. The summed E-state index contributed by atoms with van der Waals surface area (Å²) in [6.07, 6.45) is 1.36. The molecule has 0 radical (unpaired) electrons. The molecule has 1 heterocycles. The van der Waals surface area contributed by atoms with Gasteiger partial charge >= 0.3 is 6.03 Å². The van der Waals surface area contributed by atoms with E-state index in [1.54, 1.807) is 57.4 Å². The average Bonchev–Trinajstić information content (AvgIpc) is 2.92. The smallest absolute Gasteiger partial charge is 0.346 e. The molecule has 2 aromatic carbocycles. The number of hydrogen-bond acceptors (Lipinski definition) is 6. The molecule has 1 fully saturated rings. The summed E-state index contributed by atoms with van der Waals surface area (Å²) < 4.78 is 10.4. The van der Waals surface area contributed by atoms with Crippen molar-refractivity contribution in [3.63, 3.8) is 0 Å². The Kier molecular flexibility index (Phi) is 5.21. The van der Waals surface area contributed by atoms with Gasteiger partial charge in [0.15, 0.2) is 11.5 Å². The lowest BCUT2D eigenvalue weighted by atomic mass is 9.92. The normalized spacial score (nSPS) is 19.2. The number of rotatable bonds is 6. The SMILES string of the molecule is CCOc1cc(/C=N/N2C(=O)N[C@@](C)(c3ccc(OC)cc3)C2=O)ccc1O. The number of nitrogens with one attached hydrogen (secondary N) is 1. The van der Waals surface area contributed by atoms with Crippen LogP contribution in [0.15, 0.2) is 47.6 Å². The van der Waals surface area contributed by atoms with E-state index in [0.717, 1.165) is 5.01 Å². The summed E-state index contributed by atoms with van der Waals surface area (Å²) in [5.74, 6) is 0.451. The standard InChI is InChI=1S/C20H21N3O5/c1-4-28-17-11-13(5-10-16(17)24)12-21-23-18(25)20(2,22-19(23)26)14-6-8-15(27-3)9-7-14/h5-12,24H,4H2,1-3H3,(H,22,26)/b21-12+/t20-/m0/s1. The molecule has 1 aliphatic heterocycles. The van der Waals surface area contributed by atoms with Crippen LogP contribution < -0.4 is 14.8 Å². The predicted molar refractivity (Wildman–Crippen MR) is 103 cm³/mol. The van der Waals surface area contributed by atoms with E-state index in [-0.39, 0.29) is 5.75 Å². The molecule has 0 unspecified atom stereocenters. The van der Waals surface area contributed by atoms with Crippen molar-refractivity contribution in [2.75, 3.05) is 13.7 Å². The van der Waals surface area contributed by atoms with Gasteiger partial charge in [0.05, 0.1) is 19.9 Å². The third-order valence-corrected chi connectivity index (χ3v) is 4.44. The molecule has 28 heavy (non-hydrogen) atoms. The summed E-state index contributed by atoms with van der Waals surface area (Å²) in [5, 5.41) is 17.2. The Labute approximate surface area is 162 Å². The lowest BCUT2D eigenvalue weighted by Gasteiger charge is -2.21. The van der Waals surface area contributed by atoms with Crippen LogP contribution in [0.25, 0.3) is 0 Å². The van der Waals surface area contributed by atoms with Crippen LogP contribution in [-0.4, -0.2) is 42.0 Å². The van der Waals surface area contributed by atoms with E-state index in [0.29, 0.717) is 29.2 Å². The highest BCUT2D eigenvalue weighted by molar-refractivity contribution is 6.07. The van der Waals surface area contributed by atoms with Crippen molar-refractivity contribution < 1.29 is 24.2 Å². The molecule has 0 aromatic heterocycles. The number of carbonyl (C=O) groups excluding carboxylic acids is 2. The first kappa shape index (κ1) is 19.2. The predicted octanol–water partition coefficient (Wildman–Crippen LogP) is 2.60. The van der Waals surface area contributed by atoms with Gasteiger partial charge in [-0.2, -0.15) is 5.10 Å². The van der Waals surface area contributed by atoms with Crippen LogP contribution in [0, 0.1) is 0 Å². The lowest BCUT2D eigenvalue weighted by molar-refractivity contribution is -0.131. The van der Waals surface area contributed by atoms with Crippen LogP contribution in [0.2, 0.25) is 0 Å². The zero-order valence-corrected chi connectivity index (χ0v) is 15.8. The monoisotopic (exact) mass is 383 g/mol. The fourth-order valence-corrected chi connectivity index (χ4v) is 2.86. The van der Waals surface area contributed by atoms with Crippen LogP contribution in [0.5, 0.6) is 17.2 Å². The molecule has 2 aromatic rings. The molecule has 3 rings (SSSR count). The Morgan fingerprint density at radius 1 is 1.21 bits per heavy atom. The van der Waals surface area contributed by atoms with Gasteiger partial charge < -0.3 is 19.9 Å². The maximum absolute atomic E-state index is 12.9. The van der Waals surface area contributed by atoms with E-state index in [2.05, 4.69) is 10.4 Å². The molecule has 0 bridgehead atoms. The maximum atomic E-state index is 12.9. The first-order chi connectivity index (χ1) is 13.4. The Bertz CT molecular complexity index is 926. The van der Waals surface area contributed by atoms with Crippen molar-refractivity contribution in [1.82, 2.24) is 10.3 Å². The molecule has 0 saturated carbocycles. The summed E-state index contributed by atoms with van der Waals surface area (Å²) >= 11 is 0. The number of nitrogens with zero attached hydrogens (tertiary/aromatic N) is 2. The topological polar surface area (TPSA) is 100 Å². The minimum absolute atomic E-state index is 0.000993. The van der Waals surface area contributed by atoms with Gasteiger partial charge in [-0.25, -0.2) is 4.79 Å². The molecule has 146 valence electrons. The molecule has 1 aliphatic rings. The van der Waals surface area contributed by atoms with Crippen LogP contribution in [0.1, 0.15) is 25.0 Å². The first-order valence-corrected chi connectivity index (χ1v) is 8.70. The molecular weight excluding hydrogens is 362 g/mol. The zero-order valence-electron chi connectivity index (χ0n) is 15.8. The van der Waals surface area contributed by atoms with E-state index < -0.39 is 17.5 Å². The number of phenolic OH excluding ortho intramolecular Hbond substituents is 1. The maximum Gasteiger partial charge on any atom is 0.346 e. The van der Waals surface area contributed by atoms with E-state index in [1.807, 2.05) is 0 Å². The Balaban J connectivity index is 1.83. The molecule has 0 aliphatic carbocycles. The number of hydrazone groups is 1. The van der Waals surface area contributed by atoms with Gasteiger partial charge in [0, 0.05) is 0 Å². The number of urea groups is 1. The number of phenols is 1. The highest BCUT2D eigenvalue weighted by Crippen LogP contribution is 2.30. The quantitative estimate of drug-likeness (QED) is 0.590. The van der Waals surface area contributed by atoms with Crippen molar-refractivity contribution in [2.24, 2.45) is 5.10 Å². The molecular formula is C20H21N3O5. The molecule has 3 amide bonds. The van der Waals surface area contributed by atoms with Gasteiger partial charge in [-0.15, -0.1) is 5.01 Å². The van der Waals surface area contributed by atoms with Crippen molar-refractivity contribution in [3.05, 3.63) is 53.6 Å². The number of hydrogen-bond donors (Lipinski definition) is 2. The number of carbonyl (C=O) groups is 2. The summed E-state index contributed by atoms with van der Waals surface area (Å²) in [5.41, 5.74) is -0.0425. The zero-order chi connectivity index (χ0) is 20.3. The fourth-order valence-electron chi connectivity index (χ4n) is 2.86. The Hall–Kier alpha value is -3.55. The van der Waals surface area contributed by atoms with Crippen LogP contribution in [0.3, 0.4) is 0 Å². The van der Waals surface area contributed by atoms with E-state index in [4.69, 9.17) is 9.47 Å². The summed E-state index contributed by atoms with van der Waals surface area (Å²) in [6, 6.07) is 10.9. The third-order valence-electron chi connectivity index (χ3n) is 4.44. The summed E-state index contributed by atoms with van der Waals surface area (Å²) in [4.78, 5) is 25.2. The molecule has 0 spiro atoms. The first-order valence-electron chi connectivity index (χ1n) is 8.70.